The Hall–Kier alpha value is -5.44. The van der Waals surface area contributed by atoms with Gasteiger partial charge in [-0.1, -0.05) is 155 Å². The zero-order chi connectivity index (χ0) is 38.0. The van der Waals surface area contributed by atoms with Crippen molar-refractivity contribution in [3.8, 4) is 16.8 Å². The largest absolute Gasteiger partial charge is 0.310 e. The molecule has 0 amide bonds. The van der Waals surface area contributed by atoms with E-state index in [1.165, 1.54) is 89.9 Å². The van der Waals surface area contributed by atoms with E-state index in [9.17, 15) is 0 Å². The predicted octanol–water partition coefficient (Wildman–Crippen LogP) is 13.4. The highest BCUT2D eigenvalue weighted by Gasteiger charge is 2.58. The SMILES string of the molecule is C1=CCC2NC(c3ccc(-n4c5c(c6ccccc64)CCC=C5)cc3)c3ccc4c(c3C2=C1)-c1ccccc1C41c2ccccc2C2C=CCCC21.CC.CC. The molecular weight excluding hydrogens is 677 g/mol. The summed E-state index contributed by atoms with van der Waals surface area (Å²) in [6.45, 7) is 8.00. The minimum absolute atomic E-state index is 0.100. The number of hydrogen-bond acceptors (Lipinski definition) is 1. The van der Waals surface area contributed by atoms with Crippen LogP contribution in [0.5, 0.6) is 0 Å². The number of aromatic nitrogens is 1. The Bertz CT molecular complexity index is 2610. The molecule has 0 saturated heterocycles. The first-order valence-corrected chi connectivity index (χ1v) is 21.4. The third-order valence-electron chi connectivity index (χ3n) is 13.5. The van der Waals surface area contributed by atoms with Gasteiger partial charge in [0.05, 0.1) is 17.0 Å². The number of rotatable bonds is 2. The van der Waals surface area contributed by atoms with E-state index in [-0.39, 0.29) is 17.5 Å². The molecule has 5 unspecified atom stereocenters. The zero-order valence-electron chi connectivity index (χ0n) is 33.2. The van der Waals surface area contributed by atoms with Crippen molar-refractivity contribution >= 4 is 22.6 Å². The zero-order valence-corrected chi connectivity index (χ0v) is 33.2. The summed E-state index contributed by atoms with van der Waals surface area (Å²) in [5, 5.41) is 5.53. The van der Waals surface area contributed by atoms with Crippen LogP contribution in [0.1, 0.15) is 116 Å². The fourth-order valence-corrected chi connectivity index (χ4v) is 11.5. The van der Waals surface area contributed by atoms with Gasteiger partial charge in [-0.05, 0) is 124 Å². The van der Waals surface area contributed by atoms with Crippen LogP contribution in [0.3, 0.4) is 0 Å². The highest BCUT2D eigenvalue weighted by molar-refractivity contribution is 5.96. The second kappa shape index (κ2) is 13.9. The van der Waals surface area contributed by atoms with Crippen molar-refractivity contribution in [2.75, 3.05) is 0 Å². The molecule has 1 N–H and O–H groups in total. The summed E-state index contributed by atoms with van der Waals surface area (Å²) in [5.74, 6) is 0.970. The summed E-state index contributed by atoms with van der Waals surface area (Å²) in [4.78, 5) is 0. The van der Waals surface area contributed by atoms with Crippen LogP contribution in [-0.4, -0.2) is 10.6 Å². The Balaban J connectivity index is 0.000000933. The molecule has 2 heteroatoms. The maximum atomic E-state index is 4.15. The van der Waals surface area contributed by atoms with E-state index < -0.39 is 0 Å². The van der Waals surface area contributed by atoms with E-state index in [2.05, 4.69) is 162 Å². The van der Waals surface area contributed by atoms with Crippen LogP contribution in [-0.2, 0) is 11.8 Å². The topological polar surface area (TPSA) is 17.0 Å². The summed E-state index contributed by atoms with van der Waals surface area (Å²) < 4.78 is 2.47. The molecule has 5 aliphatic carbocycles. The number of benzene rings is 5. The standard InChI is InChI=1S/C50H40N2.2C2H6/c1-7-19-40-33(13-1)34-14-2-8-20-41(34)50(40)42-21-9-3-17-37(42)48-43(50)30-29-39-47(48)38-18-4-10-22-44(38)51-49(39)31-25-27-32(28-26-31)52-45-23-11-5-15-35(45)36-16-6-12-24-46(36)52;2*1-2/h1-5,7,9-15,17-19,21,23-30,34,41,44,49,51H,6,8,16,20,22H2;2*1-2H3. The number of para-hydroxylation sites is 1. The lowest BCUT2D eigenvalue weighted by Crippen LogP contribution is -2.40. The van der Waals surface area contributed by atoms with Gasteiger partial charge in [-0.3, -0.25) is 5.32 Å². The molecule has 56 heavy (non-hydrogen) atoms. The van der Waals surface area contributed by atoms with Crippen molar-refractivity contribution in [2.45, 2.75) is 83.2 Å². The summed E-state index contributed by atoms with van der Waals surface area (Å²) in [6, 6.07) is 42.6. The molecule has 0 radical (unpaired) electrons. The Labute approximate surface area is 333 Å². The number of nitrogens with zero attached hydrogens (tertiary/aromatic N) is 1. The van der Waals surface area contributed by atoms with Crippen LogP contribution >= 0.6 is 0 Å². The Morgan fingerprint density at radius 1 is 0.679 bits per heavy atom. The molecule has 1 spiro atoms. The highest BCUT2D eigenvalue weighted by atomic mass is 15.0. The predicted molar refractivity (Wildman–Crippen MR) is 237 cm³/mol. The molecule has 5 aromatic carbocycles. The third-order valence-corrected chi connectivity index (χ3v) is 13.5. The van der Waals surface area contributed by atoms with Crippen molar-refractivity contribution < 1.29 is 0 Å². The van der Waals surface area contributed by atoms with Crippen molar-refractivity contribution in [3.63, 3.8) is 0 Å². The van der Waals surface area contributed by atoms with Crippen molar-refractivity contribution in [1.29, 1.82) is 0 Å². The van der Waals surface area contributed by atoms with E-state index in [4.69, 9.17) is 0 Å². The van der Waals surface area contributed by atoms with Gasteiger partial charge in [0.1, 0.15) is 0 Å². The molecule has 6 aliphatic rings. The fourth-order valence-electron chi connectivity index (χ4n) is 11.5. The molecule has 278 valence electrons. The first-order valence-electron chi connectivity index (χ1n) is 21.4. The van der Waals surface area contributed by atoms with Gasteiger partial charge in [-0.2, -0.15) is 0 Å². The summed E-state index contributed by atoms with van der Waals surface area (Å²) in [6.07, 6.45) is 22.2. The van der Waals surface area contributed by atoms with Gasteiger partial charge >= 0.3 is 0 Å². The molecule has 1 aromatic heterocycles. The normalized spacial score (nSPS) is 24.0. The average Bonchev–Trinajstić information content (AvgIpc) is 3.89. The smallest absolute Gasteiger partial charge is 0.0587 e. The number of nitrogens with one attached hydrogen (secondary N) is 1. The molecule has 2 nitrogen and oxygen atoms in total. The van der Waals surface area contributed by atoms with E-state index in [0.717, 1.165) is 25.7 Å². The van der Waals surface area contributed by atoms with E-state index in [1.54, 1.807) is 0 Å². The second-order valence-electron chi connectivity index (χ2n) is 15.7. The number of allylic oxidation sites excluding steroid dienone is 5. The molecule has 0 saturated carbocycles. The van der Waals surface area contributed by atoms with Crippen LogP contribution in [0, 0.1) is 5.92 Å². The van der Waals surface area contributed by atoms with Crippen LogP contribution < -0.4 is 5.32 Å². The molecule has 5 atom stereocenters. The fraction of sp³-hybridized carbons (Fsp3) is 0.259. The van der Waals surface area contributed by atoms with Gasteiger partial charge < -0.3 is 4.57 Å². The van der Waals surface area contributed by atoms with E-state index in [0.29, 0.717) is 11.8 Å². The molecule has 12 rings (SSSR count). The lowest BCUT2D eigenvalue weighted by atomic mass is 9.63. The van der Waals surface area contributed by atoms with Gasteiger partial charge in [0, 0.05) is 28.7 Å². The highest BCUT2D eigenvalue weighted by Crippen LogP contribution is 2.67. The van der Waals surface area contributed by atoms with Crippen LogP contribution in [0.25, 0.3) is 39.4 Å². The molecule has 2 heterocycles. The molecule has 0 fully saturated rings. The third kappa shape index (κ3) is 4.78. The van der Waals surface area contributed by atoms with Crippen LogP contribution in [0.2, 0.25) is 0 Å². The number of aryl methyl sites for hydroxylation is 1. The Morgan fingerprint density at radius 2 is 1.46 bits per heavy atom. The lowest BCUT2D eigenvalue weighted by Gasteiger charge is -2.40. The monoisotopic (exact) mass is 728 g/mol. The van der Waals surface area contributed by atoms with E-state index in [1.807, 2.05) is 27.7 Å². The van der Waals surface area contributed by atoms with Crippen molar-refractivity contribution in [1.82, 2.24) is 9.88 Å². The molecule has 6 aromatic rings. The van der Waals surface area contributed by atoms with Crippen molar-refractivity contribution in [2.24, 2.45) is 5.92 Å². The minimum Gasteiger partial charge on any atom is -0.310 e. The average molecular weight is 729 g/mol. The summed E-state index contributed by atoms with van der Waals surface area (Å²) in [7, 11) is 0. The molecular formula is C54H52N2. The van der Waals surface area contributed by atoms with Gasteiger partial charge in [-0.15, -0.1) is 0 Å². The quantitative estimate of drug-likeness (QED) is 0.176. The summed E-state index contributed by atoms with van der Waals surface area (Å²) in [5.41, 5.74) is 19.8. The van der Waals surface area contributed by atoms with Gasteiger partial charge in [0.25, 0.3) is 0 Å². The van der Waals surface area contributed by atoms with Gasteiger partial charge in [0.2, 0.25) is 0 Å². The van der Waals surface area contributed by atoms with Crippen molar-refractivity contribution in [3.05, 3.63) is 196 Å². The maximum Gasteiger partial charge on any atom is 0.0587 e. The lowest BCUT2D eigenvalue weighted by molar-refractivity contribution is 0.351. The second-order valence-corrected chi connectivity index (χ2v) is 15.7. The Kier molecular flexibility index (Phi) is 8.71. The number of hydrogen-bond donors (Lipinski definition) is 1. The molecule has 0 bridgehead atoms. The summed E-state index contributed by atoms with van der Waals surface area (Å²) >= 11 is 0. The van der Waals surface area contributed by atoms with E-state index >= 15 is 0 Å². The number of fused-ring (bicyclic) bond motifs is 17. The first-order chi connectivity index (χ1) is 27.8. The molecule has 1 aliphatic heterocycles. The van der Waals surface area contributed by atoms with Gasteiger partial charge in [0.15, 0.2) is 0 Å². The van der Waals surface area contributed by atoms with Gasteiger partial charge in [-0.25, -0.2) is 0 Å². The van der Waals surface area contributed by atoms with Crippen LogP contribution in [0.15, 0.2) is 146 Å². The van der Waals surface area contributed by atoms with Crippen LogP contribution in [0.4, 0.5) is 0 Å². The first kappa shape index (κ1) is 35.0. The Morgan fingerprint density at radius 3 is 2.34 bits per heavy atom. The minimum atomic E-state index is -0.136. The maximum absolute atomic E-state index is 4.15.